The van der Waals surface area contributed by atoms with Gasteiger partial charge in [-0.3, -0.25) is 9.78 Å². The summed E-state index contributed by atoms with van der Waals surface area (Å²) >= 11 is 0. The minimum absolute atomic E-state index is 0.339. The van der Waals surface area contributed by atoms with E-state index in [1.807, 2.05) is 0 Å². The van der Waals surface area contributed by atoms with Crippen LogP contribution in [0.25, 0.3) is 0 Å². The van der Waals surface area contributed by atoms with Crippen LogP contribution in [0.1, 0.15) is 15.9 Å². The van der Waals surface area contributed by atoms with Gasteiger partial charge in [-0.2, -0.15) is 5.10 Å². The molecule has 1 N–H and O–H groups in total. The number of pyridine rings is 1. The largest absolute Gasteiger partial charge is 0.493 e. The van der Waals surface area contributed by atoms with E-state index >= 15 is 0 Å². The quantitative estimate of drug-likeness (QED) is 0.650. The van der Waals surface area contributed by atoms with Crippen molar-refractivity contribution in [1.29, 1.82) is 0 Å². The fourth-order valence-electron chi connectivity index (χ4n) is 1.89. The zero-order chi connectivity index (χ0) is 16.7. The van der Waals surface area contributed by atoms with Crippen molar-refractivity contribution in [2.45, 2.75) is 0 Å². The van der Waals surface area contributed by atoms with E-state index in [0.29, 0.717) is 22.8 Å². The maximum Gasteiger partial charge on any atom is 0.271 e. The van der Waals surface area contributed by atoms with Gasteiger partial charge < -0.3 is 14.2 Å². The molecule has 0 unspecified atom stereocenters. The Kier molecular flexibility index (Phi) is 5.51. The lowest BCUT2D eigenvalue weighted by atomic mass is 10.1. The molecule has 0 saturated heterocycles. The van der Waals surface area contributed by atoms with E-state index in [4.69, 9.17) is 14.2 Å². The maximum atomic E-state index is 12.2. The van der Waals surface area contributed by atoms with E-state index in [1.54, 1.807) is 36.7 Å². The molecule has 1 amide bonds. The predicted molar refractivity (Wildman–Crippen MR) is 85.4 cm³/mol. The summed E-state index contributed by atoms with van der Waals surface area (Å²) in [6.07, 6.45) is 4.81. The summed E-state index contributed by atoms with van der Waals surface area (Å²) in [5, 5.41) is 3.91. The van der Waals surface area contributed by atoms with E-state index in [1.165, 1.54) is 27.5 Å². The third-order valence-corrected chi connectivity index (χ3v) is 3.01. The highest BCUT2D eigenvalue weighted by molar-refractivity contribution is 5.96. The number of hydrazone groups is 1. The molecule has 2 aromatic rings. The van der Waals surface area contributed by atoms with Crippen LogP contribution in [0.15, 0.2) is 41.8 Å². The third-order valence-electron chi connectivity index (χ3n) is 3.01. The zero-order valence-electron chi connectivity index (χ0n) is 13.1. The first-order valence-electron chi connectivity index (χ1n) is 6.73. The first kappa shape index (κ1) is 16.3. The summed E-state index contributed by atoms with van der Waals surface area (Å²) in [5.74, 6) is 0.826. The van der Waals surface area contributed by atoms with Crippen LogP contribution in [0, 0.1) is 0 Å². The van der Waals surface area contributed by atoms with Gasteiger partial charge in [0.1, 0.15) is 0 Å². The number of benzene rings is 1. The fraction of sp³-hybridized carbons (Fsp3) is 0.188. The summed E-state index contributed by atoms with van der Waals surface area (Å²) in [6.45, 7) is 0. The number of carbonyl (C=O) groups is 1. The van der Waals surface area contributed by atoms with E-state index in [2.05, 4.69) is 15.5 Å². The monoisotopic (exact) mass is 315 g/mol. The summed E-state index contributed by atoms with van der Waals surface area (Å²) in [7, 11) is 4.47. The molecule has 0 aliphatic rings. The predicted octanol–water partition coefficient (Wildman–Crippen LogP) is 1.87. The molecular formula is C16H17N3O4. The minimum atomic E-state index is -0.394. The average molecular weight is 315 g/mol. The summed E-state index contributed by atoms with van der Waals surface area (Å²) in [4.78, 5) is 16.1. The molecular weight excluding hydrogens is 298 g/mol. The van der Waals surface area contributed by atoms with Crippen LogP contribution < -0.4 is 19.6 Å². The first-order chi connectivity index (χ1) is 11.2. The Morgan fingerprint density at radius 1 is 1.09 bits per heavy atom. The summed E-state index contributed by atoms with van der Waals surface area (Å²) in [5.41, 5.74) is 3.61. The van der Waals surface area contributed by atoms with Crippen LogP contribution in [0.2, 0.25) is 0 Å². The Bertz CT molecular complexity index is 677. The molecule has 0 aliphatic heterocycles. The lowest BCUT2D eigenvalue weighted by Gasteiger charge is -2.13. The van der Waals surface area contributed by atoms with Gasteiger partial charge >= 0.3 is 0 Å². The Morgan fingerprint density at radius 2 is 1.70 bits per heavy atom. The Hall–Kier alpha value is -3.09. The second-order valence-electron chi connectivity index (χ2n) is 4.39. The second kappa shape index (κ2) is 7.79. The fourth-order valence-corrected chi connectivity index (χ4v) is 1.89. The Balaban J connectivity index is 2.17. The molecule has 0 fully saturated rings. The number of methoxy groups -OCH3 is 3. The number of hydrogen-bond acceptors (Lipinski definition) is 6. The van der Waals surface area contributed by atoms with Gasteiger partial charge in [-0.25, -0.2) is 5.43 Å². The van der Waals surface area contributed by atoms with Crippen molar-refractivity contribution in [3.63, 3.8) is 0 Å². The van der Waals surface area contributed by atoms with Crippen molar-refractivity contribution in [3.8, 4) is 17.2 Å². The van der Waals surface area contributed by atoms with Gasteiger partial charge in [0, 0.05) is 18.0 Å². The standard InChI is InChI=1S/C16H17N3O4/c1-21-13-8-12(9-14(22-2)15(13)23-3)16(20)19-18-10-11-4-6-17-7-5-11/h4-10H,1-3H3,(H,19,20)/b18-10-. The molecule has 1 aromatic heterocycles. The maximum absolute atomic E-state index is 12.2. The van der Waals surface area contributed by atoms with Crippen LogP contribution in [0.4, 0.5) is 0 Å². The number of ether oxygens (including phenoxy) is 3. The van der Waals surface area contributed by atoms with Crippen molar-refractivity contribution < 1.29 is 19.0 Å². The first-order valence-corrected chi connectivity index (χ1v) is 6.73. The molecule has 0 radical (unpaired) electrons. The van der Waals surface area contributed by atoms with Gasteiger partial charge in [0.15, 0.2) is 11.5 Å². The summed E-state index contributed by atoms with van der Waals surface area (Å²) in [6, 6.07) is 6.65. The van der Waals surface area contributed by atoms with Crippen molar-refractivity contribution >= 4 is 12.1 Å². The molecule has 0 atom stereocenters. The number of hydrogen-bond donors (Lipinski definition) is 1. The summed E-state index contributed by atoms with van der Waals surface area (Å²) < 4.78 is 15.6. The van der Waals surface area contributed by atoms with E-state index in [-0.39, 0.29) is 0 Å². The Morgan fingerprint density at radius 3 is 2.22 bits per heavy atom. The molecule has 0 bridgehead atoms. The number of nitrogens with one attached hydrogen (secondary N) is 1. The highest BCUT2D eigenvalue weighted by atomic mass is 16.5. The Labute approximate surface area is 133 Å². The normalized spacial score (nSPS) is 10.4. The van der Waals surface area contributed by atoms with Crippen LogP contribution in [0.5, 0.6) is 17.2 Å². The molecule has 7 heteroatoms. The minimum Gasteiger partial charge on any atom is -0.493 e. The second-order valence-corrected chi connectivity index (χ2v) is 4.39. The molecule has 0 saturated carbocycles. The molecule has 1 aromatic carbocycles. The van der Waals surface area contributed by atoms with E-state index in [0.717, 1.165) is 5.56 Å². The van der Waals surface area contributed by atoms with Crippen molar-refractivity contribution in [2.24, 2.45) is 5.10 Å². The van der Waals surface area contributed by atoms with Crippen LogP contribution >= 0.6 is 0 Å². The zero-order valence-corrected chi connectivity index (χ0v) is 13.1. The molecule has 0 aliphatic carbocycles. The van der Waals surface area contributed by atoms with Gasteiger partial charge in [-0.15, -0.1) is 0 Å². The molecule has 2 rings (SSSR count). The van der Waals surface area contributed by atoms with E-state index in [9.17, 15) is 4.79 Å². The molecule has 1 heterocycles. The van der Waals surface area contributed by atoms with Crippen molar-refractivity contribution in [1.82, 2.24) is 10.4 Å². The highest BCUT2D eigenvalue weighted by Crippen LogP contribution is 2.38. The van der Waals surface area contributed by atoms with Crippen LogP contribution in [-0.2, 0) is 0 Å². The number of rotatable bonds is 6. The smallest absolute Gasteiger partial charge is 0.271 e. The molecule has 23 heavy (non-hydrogen) atoms. The lowest BCUT2D eigenvalue weighted by molar-refractivity contribution is 0.0954. The SMILES string of the molecule is COc1cc(C(=O)N/N=C\c2ccncc2)cc(OC)c1OC. The van der Waals surface area contributed by atoms with Gasteiger partial charge in [-0.1, -0.05) is 0 Å². The van der Waals surface area contributed by atoms with Crippen LogP contribution in [0.3, 0.4) is 0 Å². The number of nitrogens with zero attached hydrogens (tertiary/aromatic N) is 2. The van der Waals surface area contributed by atoms with E-state index < -0.39 is 5.91 Å². The molecule has 120 valence electrons. The van der Waals surface area contributed by atoms with Crippen molar-refractivity contribution in [2.75, 3.05) is 21.3 Å². The number of carbonyl (C=O) groups excluding carboxylic acids is 1. The lowest BCUT2D eigenvalue weighted by Crippen LogP contribution is -2.18. The third kappa shape index (κ3) is 3.97. The number of amides is 1. The molecule has 0 spiro atoms. The van der Waals surface area contributed by atoms with Gasteiger partial charge in [0.25, 0.3) is 5.91 Å². The van der Waals surface area contributed by atoms with Gasteiger partial charge in [0.05, 0.1) is 27.5 Å². The van der Waals surface area contributed by atoms with Crippen LogP contribution in [-0.4, -0.2) is 38.4 Å². The highest BCUT2D eigenvalue weighted by Gasteiger charge is 2.16. The number of aromatic nitrogens is 1. The van der Waals surface area contributed by atoms with Gasteiger partial charge in [-0.05, 0) is 29.8 Å². The topological polar surface area (TPSA) is 82.0 Å². The molecule has 7 nitrogen and oxygen atoms in total. The van der Waals surface area contributed by atoms with Gasteiger partial charge in [0.2, 0.25) is 5.75 Å². The van der Waals surface area contributed by atoms with Crippen molar-refractivity contribution in [3.05, 3.63) is 47.8 Å². The average Bonchev–Trinajstić information content (AvgIpc) is 2.61.